The summed E-state index contributed by atoms with van der Waals surface area (Å²) in [6.45, 7) is 2.99. The van der Waals surface area contributed by atoms with E-state index in [-0.39, 0.29) is 18.5 Å². The molecule has 8 heteroatoms. The van der Waals surface area contributed by atoms with Crippen molar-refractivity contribution < 1.29 is 4.79 Å². The van der Waals surface area contributed by atoms with Crippen LogP contribution in [0.15, 0.2) is 54.9 Å². The molecule has 1 fully saturated rings. The van der Waals surface area contributed by atoms with E-state index in [4.69, 9.17) is 0 Å². The first-order valence-corrected chi connectivity index (χ1v) is 10.0. The van der Waals surface area contributed by atoms with E-state index in [2.05, 4.69) is 42.7 Å². The summed E-state index contributed by atoms with van der Waals surface area (Å²) >= 11 is 0. The topological polar surface area (TPSA) is 88.8 Å². The number of piperidine rings is 1. The van der Waals surface area contributed by atoms with Crippen molar-refractivity contribution in [2.45, 2.75) is 31.8 Å². The number of benzene rings is 1. The van der Waals surface area contributed by atoms with Crippen molar-refractivity contribution in [1.29, 1.82) is 0 Å². The number of nitrogens with one attached hydrogen (secondary N) is 1. The highest BCUT2D eigenvalue weighted by Crippen LogP contribution is 2.18. The summed E-state index contributed by atoms with van der Waals surface area (Å²) in [6.07, 6.45) is 7.08. The second kappa shape index (κ2) is 9.38. The van der Waals surface area contributed by atoms with E-state index in [9.17, 15) is 4.79 Å². The summed E-state index contributed by atoms with van der Waals surface area (Å²) in [5.41, 5.74) is 1.88. The minimum Gasteiger partial charge on any atom is -0.346 e. The zero-order valence-electron chi connectivity index (χ0n) is 16.3. The highest BCUT2D eigenvalue weighted by Gasteiger charge is 2.20. The van der Waals surface area contributed by atoms with E-state index in [0.717, 1.165) is 30.8 Å². The Bertz CT molecular complexity index is 907. The molecule has 4 rings (SSSR count). The van der Waals surface area contributed by atoms with Gasteiger partial charge in [-0.05, 0) is 48.8 Å². The molecule has 0 aliphatic carbocycles. The molecule has 1 aliphatic rings. The predicted molar refractivity (Wildman–Crippen MR) is 109 cm³/mol. The number of likely N-dealkylation sites (tertiary alicyclic amines) is 1. The monoisotopic (exact) mass is 391 g/mol. The van der Waals surface area contributed by atoms with Crippen LogP contribution in [0.1, 0.15) is 30.9 Å². The molecule has 1 saturated heterocycles. The average molecular weight is 391 g/mol. The molecule has 150 valence electrons. The van der Waals surface area contributed by atoms with Crippen molar-refractivity contribution in [3.63, 3.8) is 0 Å². The van der Waals surface area contributed by atoms with Crippen LogP contribution in [-0.2, 0) is 11.3 Å². The zero-order valence-corrected chi connectivity index (χ0v) is 16.3. The molecule has 0 bridgehead atoms. The van der Waals surface area contributed by atoms with Gasteiger partial charge in [0.25, 0.3) is 0 Å². The molecule has 1 atom stereocenters. The minimum absolute atomic E-state index is 0.0244. The second-order valence-electron chi connectivity index (χ2n) is 7.28. The third-order valence-electron chi connectivity index (χ3n) is 5.08. The fraction of sp³-hybridized carbons (Fsp3) is 0.381. The van der Waals surface area contributed by atoms with Crippen molar-refractivity contribution >= 4 is 5.91 Å². The first-order chi connectivity index (χ1) is 14.3. The number of carbonyl (C=O) groups excluding carboxylic acids is 1. The number of amides is 1. The van der Waals surface area contributed by atoms with Gasteiger partial charge in [-0.2, -0.15) is 4.80 Å². The van der Waals surface area contributed by atoms with E-state index < -0.39 is 0 Å². The van der Waals surface area contributed by atoms with E-state index in [0.29, 0.717) is 5.82 Å². The van der Waals surface area contributed by atoms with Gasteiger partial charge < -0.3 is 10.2 Å². The Morgan fingerprint density at radius 3 is 2.66 bits per heavy atom. The molecule has 1 aliphatic heterocycles. The van der Waals surface area contributed by atoms with Crippen LogP contribution < -0.4 is 5.32 Å². The van der Waals surface area contributed by atoms with Gasteiger partial charge in [-0.1, -0.05) is 36.8 Å². The first-order valence-electron chi connectivity index (χ1n) is 10.0. The lowest BCUT2D eigenvalue weighted by atomic mass is 10.0. The van der Waals surface area contributed by atoms with Crippen LogP contribution >= 0.6 is 0 Å². The van der Waals surface area contributed by atoms with Crippen LogP contribution in [0.4, 0.5) is 0 Å². The number of hydrogen-bond acceptors (Lipinski definition) is 6. The summed E-state index contributed by atoms with van der Waals surface area (Å²) in [5, 5.41) is 15.5. The molecule has 3 aromatic rings. The second-order valence-corrected chi connectivity index (χ2v) is 7.28. The number of nitrogens with zero attached hydrogens (tertiary/aromatic N) is 6. The van der Waals surface area contributed by atoms with Gasteiger partial charge in [0.15, 0.2) is 0 Å². The van der Waals surface area contributed by atoms with Crippen molar-refractivity contribution in [2.75, 3.05) is 19.6 Å². The van der Waals surface area contributed by atoms with Crippen LogP contribution in [0.25, 0.3) is 11.4 Å². The van der Waals surface area contributed by atoms with Crippen molar-refractivity contribution in [2.24, 2.45) is 0 Å². The van der Waals surface area contributed by atoms with Gasteiger partial charge >= 0.3 is 0 Å². The van der Waals surface area contributed by atoms with E-state index >= 15 is 0 Å². The summed E-state index contributed by atoms with van der Waals surface area (Å²) in [4.78, 5) is 20.5. The lowest BCUT2D eigenvalue weighted by Crippen LogP contribution is -2.41. The van der Waals surface area contributed by atoms with Crippen molar-refractivity contribution in [3.8, 4) is 11.4 Å². The Morgan fingerprint density at radius 1 is 1.07 bits per heavy atom. The molecular weight excluding hydrogens is 366 g/mol. The van der Waals surface area contributed by atoms with Gasteiger partial charge in [0.1, 0.15) is 6.54 Å². The molecule has 0 saturated carbocycles. The molecule has 0 radical (unpaired) electrons. The molecule has 1 N–H and O–H groups in total. The van der Waals surface area contributed by atoms with Gasteiger partial charge in [-0.15, -0.1) is 10.2 Å². The number of aromatic nitrogens is 5. The van der Waals surface area contributed by atoms with Gasteiger partial charge in [-0.3, -0.25) is 9.78 Å². The van der Waals surface area contributed by atoms with Crippen molar-refractivity contribution in [1.82, 2.24) is 35.4 Å². The summed E-state index contributed by atoms with van der Waals surface area (Å²) in [5.74, 6) is 0.324. The number of rotatable bonds is 7. The van der Waals surface area contributed by atoms with Crippen molar-refractivity contribution in [3.05, 3.63) is 60.4 Å². The molecule has 1 amide bonds. The fourth-order valence-corrected chi connectivity index (χ4v) is 3.61. The van der Waals surface area contributed by atoms with Gasteiger partial charge in [0, 0.05) is 24.5 Å². The van der Waals surface area contributed by atoms with E-state index in [1.54, 1.807) is 12.4 Å². The standard InChI is InChI=1S/C21H25N7O/c29-20(16-28-25-21(24-26-28)18-10-7-11-22-14-18)23-19(17-8-3-1-4-9-17)15-27-12-5-2-6-13-27/h1,3-4,7-11,14,19H,2,5-6,12-13,15-16H2,(H,23,29). The largest absolute Gasteiger partial charge is 0.346 e. The number of hydrogen-bond donors (Lipinski definition) is 1. The maximum Gasteiger partial charge on any atom is 0.244 e. The lowest BCUT2D eigenvalue weighted by Gasteiger charge is -2.31. The van der Waals surface area contributed by atoms with E-state index in [1.165, 1.54) is 24.1 Å². The summed E-state index contributed by atoms with van der Waals surface area (Å²) in [6, 6.07) is 13.7. The lowest BCUT2D eigenvalue weighted by molar-refractivity contribution is -0.123. The molecular formula is C21H25N7O. The quantitative estimate of drug-likeness (QED) is 0.663. The van der Waals surface area contributed by atoms with Gasteiger partial charge in [0.05, 0.1) is 6.04 Å². The number of pyridine rings is 1. The Kier molecular flexibility index (Phi) is 6.21. The van der Waals surface area contributed by atoms with Crippen LogP contribution in [0.3, 0.4) is 0 Å². The number of tetrazole rings is 1. The molecule has 1 aromatic carbocycles. The number of carbonyl (C=O) groups is 1. The zero-order chi connectivity index (χ0) is 19.9. The highest BCUT2D eigenvalue weighted by atomic mass is 16.2. The fourth-order valence-electron chi connectivity index (χ4n) is 3.61. The Hall–Kier alpha value is -3.13. The van der Waals surface area contributed by atoms with Crippen LogP contribution in [-0.4, -0.2) is 55.6 Å². The summed E-state index contributed by atoms with van der Waals surface area (Å²) in [7, 11) is 0. The average Bonchev–Trinajstić information content (AvgIpc) is 3.24. The minimum atomic E-state index is -0.133. The SMILES string of the molecule is O=C(Cn1nnc(-c2cccnc2)n1)NC(CN1CCCCC1)c1ccccc1. The Labute approximate surface area is 169 Å². The molecule has 2 aromatic heterocycles. The third-order valence-corrected chi connectivity index (χ3v) is 5.08. The molecule has 1 unspecified atom stereocenters. The van der Waals surface area contributed by atoms with Crippen LogP contribution in [0.2, 0.25) is 0 Å². The highest BCUT2D eigenvalue weighted by molar-refractivity contribution is 5.76. The predicted octanol–water partition coefficient (Wildman–Crippen LogP) is 2.08. The molecule has 3 heterocycles. The van der Waals surface area contributed by atoms with E-state index in [1.807, 2.05) is 30.3 Å². The Morgan fingerprint density at radius 2 is 1.90 bits per heavy atom. The molecule has 8 nitrogen and oxygen atoms in total. The smallest absolute Gasteiger partial charge is 0.244 e. The molecule has 29 heavy (non-hydrogen) atoms. The molecule has 0 spiro atoms. The van der Waals surface area contributed by atoms with Gasteiger partial charge in [-0.25, -0.2) is 0 Å². The normalized spacial score (nSPS) is 15.7. The first kappa shape index (κ1) is 19.2. The maximum absolute atomic E-state index is 12.7. The van der Waals surface area contributed by atoms with Gasteiger partial charge in [0.2, 0.25) is 11.7 Å². The summed E-state index contributed by atoms with van der Waals surface area (Å²) < 4.78 is 0. The van der Waals surface area contributed by atoms with Crippen LogP contribution in [0.5, 0.6) is 0 Å². The van der Waals surface area contributed by atoms with Crippen LogP contribution in [0, 0.1) is 0 Å². The maximum atomic E-state index is 12.7. The Balaban J connectivity index is 1.41. The third kappa shape index (κ3) is 5.23.